The molecule has 3 heterocycles. The van der Waals surface area contributed by atoms with Crippen LogP contribution < -0.4 is 15.6 Å². The van der Waals surface area contributed by atoms with E-state index >= 15 is 0 Å². The van der Waals surface area contributed by atoms with Crippen LogP contribution in [0.3, 0.4) is 0 Å². The number of aryl methyl sites for hydroxylation is 3. The summed E-state index contributed by atoms with van der Waals surface area (Å²) in [5.74, 6) is 1.20. The van der Waals surface area contributed by atoms with Crippen molar-refractivity contribution >= 4 is 29.0 Å². The summed E-state index contributed by atoms with van der Waals surface area (Å²) >= 11 is 1.27. The SMILES string of the molecule is COc1ccc(C)cc1NC(=O)CSc1nnc(Cc2c(C)nc3cc(C)ccn3c2=O)n1C. The lowest BCUT2D eigenvalue weighted by Crippen LogP contribution is -2.22. The minimum absolute atomic E-state index is 0.119. The Morgan fingerprint density at radius 2 is 1.88 bits per heavy atom. The first-order chi connectivity index (χ1) is 16.3. The molecule has 0 bridgehead atoms. The number of fused-ring (bicyclic) bond motifs is 1. The summed E-state index contributed by atoms with van der Waals surface area (Å²) < 4.78 is 8.66. The van der Waals surface area contributed by atoms with Crippen molar-refractivity contribution in [2.75, 3.05) is 18.2 Å². The fraction of sp³-hybridized carbons (Fsp3) is 0.292. The van der Waals surface area contributed by atoms with E-state index in [4.69, 9.17) is 4.74 Å². The number of carbonyl (C=O) groups excluding carboxylic acids is 1. The zero-order valence-corrected chi connectivity index (χ0v) is 20.6. The van der Waals surface area contributed by atoms with Gasteiger partial charge in [-0.2, -0.15) is 0 Å². The van der Waals surface area contributed by atoms with Gasteiger partial charge >= 0.3 is 0 Å². The van der Waals surface area contributed by atoms with E-state index in [1.54, 1.807) is 22.3 Å². The van der Waals surface area contributed by atoms with Gasteiger partial charge in [0, 0.05) is 30.9 Å². The van der Waals surface area contributed by atoms with Gasteiger partial charge in [0.15, 0.2) is 5.16 Å². The summed E-state index contributed by atoms with van der Waals surface area (Å²) in [6.45, 7) is 5.74. The predicted octanol–water partition coefficient (Wildman–Crippen LogP) is 3.08. The van der Waals surface area contributed by atoms with E-state index in [0.29, 0.717) is 45.7 Å². The van der Waals surface area contributed by atoms with Gasteiger partial charge in [-0.15, -0.1) is 10.2 Å². The van der Waals surface area contributed by atoms with E-state index in [-0.39, 0.29) is 17.2 Å². The summed E-state index contributed by atoms with van der Waals surface area (Å²) in [6.07, 6.45) is 2.04. The van der Waals surface area contributed by atoms with Gasteiger partial charge in [0.25, 0.3) is 5.56 Å². The highest BCUT2D eigenvalue weighted by Gasteiger charge is 2.17. The van der Waals surface area contributed by atoms with Gasteiger partial charge in [-0.3, -0.25) is 14.0 Å². The molecule has 4 aromatic rings. The Hall–Kier alpha value is -3.66. The smallest absolute Gasteiger partial charge is 0.261 e. The molecule has 1 amide bonds. The fourth-order valence-corrected chi connectivity index (χ4v) is 4.34. The molecule has 0 spiro atoms. The van der Waals surface area contributed by atoms with Crippen LogP contribution in [0.2, 0.25) is 0 Å². The highest BCUT2D eigenvalue weighted by molar-refractivity contribution is 7.99. The summed E-state index contributed by atoms with van der Waals surface area (Å²) in [5, 5.41) is 11.9. The lowest BCUT2D eigenvalue weighted by molar-refractivity contribution is -0.113. The summed E-state index contributed by atoms with van der Waals surface area (Å²) in [5.41, 5.74) is 4.42. The number of anilines is 1. The quantitative estimate of drug-likeness (QED) is 0.407. The molecule has 1 N–H and O–H groups in total. The van der Waals surface area contributed by atoms with Crippen molar-refractivity contribution in [1.29, 1.82) is 0 Å². The normalized spacial score (nSPS) is 11.1. The molecule has 0 atom stereocenters. The molecule has 9 nitrogen and oxygen atoms in total. The Labute approximate surface area is 201 Å². The maximum absolute atomic E-state index is 13.0. The van der Waals surface area contributed by atoms with Gasteiger partial charge in [-0.1, -0.05) is 17.8 Å². The van der Waals surface area contributed by atoms with Gasteiger partial charge in [0.05, 0.1) is 18.6 Å². The van der Waals surface area contributed by atoms with Crippen molar-refractivity contribution in [2.24, 2.45) is 7.05 Å². The van der Waals surface area contributed by atoms with Crippen LogP contribution in [-0.2, 0) is 18.3 Å². The van der Waals surface area contributed by atoms with E-state index in [1.807, 2.05) is 58.2 Å². The predicted molar refractivity (Wildman–Crippen MR) is 132 cm³/mol. The number of hydrogen-bond donors (Lipinski definition) is 1. The number of hydrogen-bond acceptors (Lipinski definition) is 7. The number of aromatic nitrogens is 5. The number of nitrogens with one attached hydrogen (secondary N) is 1. The van der Waals surface area contributed by atoms with E-state index in [9.17, 15) is 9.59 Å². The highest BCUT2D eigenvalue weighted by atomic mass is 32.2. The largest absolute Gasteiger partial charge is 0.495 e. The third-order valence-corrected chi connectivity index (χ3v) is 6.53. The Morgan fingerprint density at radius 1 is 1.12 bits per heavy atom. The molecule has 0 unspecified atom stereocenters. The van der Waals surface area contributed by atoms with E-state index < -0.39 is 0 Å². The van der Waals surface area contributed by atoms with Gasteiger partial charge in [0.2, 0.25) is 5.91 Å². The second-order valence-corrected chi connectivity index (χ2v) is 9.03. The average Bonchev–Trinajstić information content (AvgIpc) is 3.14. The molecular formula is C24H26N6O3S. The summed E-state index contributed by atoms with van der Waals surface area (Å²) in [4.78, 5) is 30.1. The molecule has 0 aliphatic carbocycles. The molecule has 0 radical (unpaired) electrons. The second kappa shape index (κ2) is 9.68. The number of carbonyl (C=O) groups is 1. The molecule has 0 saturated heterocycles. The van der Waals surface area contributed by atoms with Crippen molar-refractivity contribution < 1.29 is 9.53 Å². The number of amides is 1. The second-order valence-electron chi connectivity index (χ2n) is 8.09. The molecular weight excluding hydrogens is 452 g/mol. The first kappa shape index (κ1) is 23.5. The molecule has 0 saturated carbocycles. The zero-order chi connectivity index (χ0) is 24.4. The topological polar surface area (TPSA) is 103 Å². The van der Waals surface area contributed by atoms with Crippen molar-refractivity contribution in [3.8, 4) is 5.75 Å². The van der Waals surface area contributed by atoms with Gasteiger partial charge < -0.3 is 14.6 Å². The lowest BCUT2D eigenvalue weighted by atomic mass is 10.1. The van der Waals surface area contributed by atoms with Crippen LogP contribution in [0.4, 0.5) is 5.69 Å². The first-order valence-electron chi connectivity index (χ1n) is 10.7. The van der Waals surface area contributed by atoms with Crippen LogP contribution in [0.25, 0.3) is 5.65 Å². The number of methoxy groups -OCH3 is 1. The molecule has 1 aromatic carbocycles. The van der Waals surface area contributed by atoms with Crippen molar-refractivity contribution in [3.63, 3.8) is 0 Å². The number of pyridine rings is 1. The molecule has 10 heteroatoms. The van der Waals surface area contributed by atoms with E-state index in [0.717, 1.165) is 11.1 Å². The third-order valence-electron chi connectivity index (χ3n) is 5.51. The van der Waals surface area contributed by atoms with Gasteiger partial charge in [-0.05, 0) is 56.2 Å². The van der Waals surface area contributed by atoms with Crippen LogP contribution in [0.1, 0.15) is 28.2 Å². The standard InChI is InChI=1S/C24H26N6O3S/c1-14-6-7-19(33-5)18(10-14)26-22(31)13-34-24-28-27-21(29(24)4)12-17-16(3)25-20-11-15(2)8-9-30(20)23(17)32/h6-11H,12-13H2,1-5H3,(H,26,31). The first-order valence-corrected chi connectivity index (χ1v) is 11.7. The Kier molecular flexibility index (Phi) is 6.69. The number of nitrogens with zero attached hydrogens (tertiary/aromatic N) is 5. The van der Waals surface area contributed by atoms with Crippen molar-refractivity contribution in [1.82, 2.24) is 24.1 Å². The van der Waals surface area contributed by atoms with Crippen LogP contribution in [0.15, 0.2) is 46.5 Å². The number of rotatable bonds is 7. The van der Waals surface area contributed by atoms with Crippen LogP contribution in [-0.4, -0.2) is 42.9 Å². The maximum Gasteiger partial charge on any atom is 0.261 e. The Balaban J connectivity index is 1.48. The average molecular weight is 479 g/mol. The minimum atomic E-state index is -0.179. The lowest BCUT2D eigenvalue weighted by Gasteiger charge is -2.11. The maximum atomic E-state index is 13.0. The fourth-order valence-electron chi connectivity index (χ4n) is 3.61. The Morgan fingerprint density at radius 3 is 2.65 bits per heavy atom. The van der Waals surface area contributed by atoms with E-state index in [2.05, 4.69) is 20.5 Å². The zero-order valence-electron chi connectivity index (χ0n) is 19.7. The molecule has 3 aromatic heterocycles. The molecule has 176 valence electrons. The van der Waals surface area contributed by atoms with Crippen LogP contribution in [0, 0.1) is 20.8 Å². The van der Waals surface area contributed by atoms with Crippen LogP contribution >= 0.6 is 11.8 Å². The number of ether oxygens (including phenoxy) is 1. The van der Waals surface area contributed by atoms with Gasteiger partial charge in [-0.25, -0.2) is 4.98 Å². The molecule has 0 fully saturated rings. The monoisotopic (exact) mass is 478 g/mol. The van der Waals surface area contributed by atoms with Crippen LogP contribution in [0.5, 0.6) is 5.75 Å². The molecule has 0 aliphatic heterocycles. The van der Waals surface area contributed by atoms with Crippen molar-refractivity contribution in [2.45, 2.75) is 32.3 Å². The molecule has 4 rings (SSSR count). The summed E-state index contributed by atoms with van der Waals surface area (Å²) in [7, 11) is 3.39. The molecule has 0 aliphatic rings. The Bertz CT molecular complexity index is 1440. The minimum Gasteiger partial charge on any atom is -0.495 e. The highest BCUT2D eigenvalue weighted by Crippen LogP contribution is 2.26. The van der Waals surface area contributed by atoms with Crippen molar-refractivity contribution in [3.05, 3.63) is 75.1 Å². The number of benzene rings is 1. The summed E-state index contributed by atoms with van der Waals surface area (Å²) in [6, 6.07) is 9.36. The molecule has 34 heavy (non-hydrogen) atoms. The van der Waals surface area contributed by atoms with E-state index in [1.165, 1.54) is 11.8 Å². The number of thioether (sulfide) groups is 1. The van der Waals surface area contributed by atoms with Gasteiger partial charge in [0.1, 0.15) is 17.2 Å². The third kappa shape index (κ3) is 4.81.